The topological polar surface area (TPSA) is 48.1 Å². The van der Waals surface area contributed by atoms with E-state index in [4.69, 9.17) is 0 Å². The van der Waals surface area contributed by atoms with Crippen molar-refractivity contribution in [3.8, 4) is 0 Å². The predicted molar refractivity (Wildman–Crippen MR) is 174 cm³/mol. The van der Waals surface area contributed by atoms with E-state index in [0.29, 0.717) is 0 Å². The molecule has 0 aromatic heterocycles. The van der Waals surface area contributed by atoms with Crippen LogP contribution in [0.5, 0.6) is 0 Å². The van der Waals surface area contributed by atoms with E-state index in [1.54, 1.807) is 0 Å². The Labute approximate surface area is 241 Å². The van der Waals surface area contributed by atoms with Gasteiger partial charge in [0.1, 0.15) is 0 Å². The Bertz CT molecular complexity index is 355. The van der Waals surface area contributed by atoms with Crippen LogP contribution in [0.1, 0.15) is 168 Å². The number of hydrogen-bond acceptors (Lipinski definition) is 4. The zero-order chi connectivity index (χ0) is 27.5. The molecule has 0 spiro atoms. The van der Waals surface area contributed by atoms with Gasteiger partial charge in [-0.1, -0.05) is 155 Å². The van der Waals surface area contributed by atoms with Gasteiger partial charge < -0.3 is 21.3 Å². The van der Waals surface area contributed by atoms with Gasteiger partial charge in [-0.05, 0) is 25.9 Å². The first-order valence-corrected chi connectivity index (χ1v) is 17.7. The molecule has 4 heteroatoms. The van der Waals surface area contributed by atoms with Crippen LogP contribution in [0.4, 0.5) is 0 Å². The zero-order valence-corrected chi connectivity index (χ0v) is 26.6. The molecule has 0 aliphatic heterocycles. The third-order valence-electron chi connectivity index (χ3n) is 7.85. The summed E-state index contributed by atoms with van der Waals surface area (Å²) < 4.78 is 0. The fourth-order valence-corrected chi connectivity index (χ4v) is 5.21. The minimum Gasteiger partial charge on any atom is -0.315 e. The molecule has 0 heterocycles. The number of hydrogen-bond donors (Lipinski definition) is 4. The lowest BCUT2D eigenvalue weighted by Crippen LogP contribution is -2.35. The average molecular weight is 539 g/mol. The maximum atomic E-state index is 3.59. The number of unbranched alkanes of at least 4 members (excludes halogenated alkanes) is 22. The van der Waals surface area contributed by atoms with Crippen LogP contribution in [0, 0.1) is 0 Å². The van der Waals surface area contributed by atoms with E-state index >= 15 is 0 Å². The van der Waals surface area contributed by atoms with Gasteiger partial charge in [0.15, 0.2) is 0 Å². The van der Waals surface area contributed by atoms with E-state index in [2.05, 4.69) is 35.1 Å². The molecule has 38 heavy (non-hydrogen) atoms. The largest absolute Gasteiger partial charge is 0.315 e. The average Bonchev–Trinajstić information content (AvgIpc) is 2.93. The lowest BCUT2D eigenvalue weighted by molar-refractivity contribution is 0.524. The highest BCUT2D eigenvalue weighted by Gasteiger charge is 1.96. The van der Waals surface area contributed by atoms with Gasteiger partial charge >= 0.3 is 0 Å². The molecule has 4 nitrogen and oxygen atoms in total. The summed E-state index contributed by atoms with van der Waals surface area (Å²) in [4.78, 5) is 0. The Morgan fingerprint density at radius 1 is 0.211 bits per heavy atom. The van der Waals surface area contributed by atoms with E-state index in [9.17, 15) is 0 Å². The van der Waals surface area contributed by atoms with Crippen LogP contribution in [-0.4, -0.2) is 52.4 Å². The van der Waals surface area contributed by atoms with Gasteiger partial charge in [-0.25, -0.2) is 0 Å². The van der Waals surface area contributed by atoms with Crippen molar-refractivity contribution in [1.29, 1.82) is 0 Å². The van der Waals surface area contributed by atoms with Crippen molar-refractivity contribution in [2.75, 3.05) is 52.4 Å². The maximum Gasteiger partial charge on any atom is 0.00772 e. The Morgan fingerprint density at radius 2 is 0.395 bits per heavy atom. The Morgan fingerprint density at radius 3 is 0.632 bits per heavy atom. The second kappa shape index (κ2) is 36.8. The Kier molecular flexibility index (Phi) is 36.7. The molecule has 230 valence electrons. The normalized spacial score (nSPS) is 11.5. The molecule has 0 unspecified atom stereocenters. The van der Waals surface area contributed by atoms with Gasteiger partial charge in [0.05, 0.1) is 0 Å². The van der Waals surface area contributed by atoms with Gasteiger partial charge in [-0.2, -0.15) is 0 Å². The first-order chi connectivity index (χ1) is 18.9. The van der Waals surface area contributed by atoms with E-state index in [0.717, 1.165) is 39.3 Å². The summed E-state index contributed by atoms with van der Waals surface area (Å²) in [7, 11) is 0. The monoisotopic (exact) mass is 539 g/mol. The standard InChI is InChI=1S/C34H74N4/c1-3-5-7-9-11-13-15-16-17-18-20-22-24-26-28-36-30-32-38-34-33-37-31-29-35-27-25-23-21-19-14-12-10-8-6-4-2/h35-38H,3-34H2,1-2H3. The highest BCUT2D eigenvalue weighted by molar-refractivity contribution is 4.58. The molecule has 0 aliphatic rings. The maximum absolute atomic E-state index is 3.59. The Balaban J connectivity index is 3.01. The van der Waals surface area contributed by atoms with Gasteiger partial charge in [0, 0.05) is 39.3 Å². The molecule has 0 atom stereocenters. The van der Waals surface area contributed by atoms with Crippen LogP contribution in [0.3, 0.4) is 0 Å². The molecule has 0 amide bonds. The molecule has 4 N–H and O–H groups in total. The molecule has 0 aromatic carbocycles. The van der Waals surface area contributed by atoms with Crippen LogP contribution in [0.25, 0.3) is 0 Å². The highest BCUT2D eigenvalue weighted by atomic mass is 15.0. The molecule has 0 saturated heterocycles. The quantitative estimate of drug-likeness (QED) is 0.0609. The summed E-state index contributed by atoms with van der Waals surface area (Å²) in [5, 5.41) is 14.3. The van der Waals surface area contributed by atoms with Crippen molar-refractivity contribution in [2.45, 2.75) is 168 Å². The van der Waals surface area contributed by atoms with Crippen LogP contribution < -0.4 is 21.3 Å². The third-order valence-corrected chi connectivity index (χ3v) is 7.85. The van der Waals surface area contributed by atoms with Gasteiger partial charge in [0.2, 0.25) is 0 Å². The molecule has 0 aliphatic carbocycles. The van der Waals surface area contributed by atoms with E-state index in [1.807, 2.05) is 0 Å². The second-order valence-corrected chi connectivity index (χ2v) is 11.8. The molecule has 0 radical (unpaired) electrons. The van der Waals surface area contributed by atoms with Gasteiger partial charge in [-0.3, -0.25) is 0 Å². The minimum absolute atomic E-state index is 1.07. The highest BCUT2D eigenvalue weighted by Crippen LogP contribution is 2.13. The van der Waals surface area contributed by atoms with Crippen LogP contribution >= 0.6 is 0 Å². The molecule has 0 saturated carbocycles. The first kappa shape index (κ1) is 37.8. The predicted octanol–water partition coefficient (Wildman–Crippen LogP) is 8.75. The summed E-state index contributed by atoms with van der Waals surface area (Å²) in [6.07, 6.45) is 34.3. The van der Waals surface area contributed by atoms with Crippen LogP contribution in [0.2, 0.25) is 0 Å². The molecule has 0 aromatic rings. The number of rotatable bonds is 35. The SMILES string of the molecule is CCCCCCCCCCCCCCCCNCCNCCNCCNCCCCCCCCCCCC. The van der Waals surface area contributed by atoms with E-state index in [-0.39, 0.29) is 0 Å². The lowest BCUT2D eigenvalue weighted by Gasteiger charge is -2.09. The van der Waals surface area contributed by atoms with Crippen LogP contribution in [-0.2, 0) is 0 Å². The fraction of sp³-hybridized carbons (Fsp3) is 1.00. The van der Waals surface area contributed by atoms with Crippen molar-refractivity contribution >= 4 is 0 Å². The minimum atomic E-state index is 1.07. The summed E-state index contributed by atoms with van der Waals surface area (Å²) in [5.74, 6) is 0. The van der Waals surface area contributed by atoms with Crippen molar-refractivity contribution < 1.29 is 0 Å². The molecular weight excluding hydrogens is 464 g/mol. The third kappa shape index (κ3) is 35.8. The summed E-state index contributed by atoms with van der Waals surface area (Å²) in [6, 6.07) is 0. The lowest BCUT2D eigenvalue weighted by atomic mass is 10.0. The van der Waals surface area contributed by atoms with Gasteiger partial charge in [0.25, 0.3) is 0 Å². The van der Waals surface area contributed by atoms with Crippen molar-refractivity contribution in [2.24, 2.45) is 0 Å². The van der Waals surface area contributed by atoms with Crippen molar-refractivity contribution in [3.05, 3.63) is 0 Å². The summed E-state index contributed by atoms with van der Waals surface area (Å²) in [5.41, 5.74) is 0. The van der Waals surface area contributed by atoms with E-state index < -0.39 is 0 Å². The first-order valence-electron chi connectivity index (χ1n) is 17.7. The Hall–Kier alpha value is -0.160. The van der Waals surface area contributed by atoms with Crippen molar-refractivity contribution in [3.63, 3.8) is 0 Å². The van der Waals surface area contributed by atoms with Crippen molar-refractivity contribution in [1.82, 2.24) is 21.3 Å². The molecule has 0 fully saturated rings. The van der Waals surface area contributed by atoms with E-state index in [1.165, 1.54) is 167 Å². The zero-order valence-electron chi connectivity index (χ0n) is 26.6. The number of nitrogens with one attached hydrogen (secondary N) is 4. The summed E-state index contributed by atoms with van der Waals surface area (Å²) >= 11 is 0. The molecule has 0 rings (SSSR count). The van der Waals surface area contributed by atoms with Gasteiger partial charge in [-0.15, -0.1) is 0 Å². The van der Waals surface area contributed by atoms with Crippen LogP contribution in [0.15, 0.2) is 0 Å². The smallest absolute Gasteiger partial charge is 0.00772 e. The summed E-state index contributed by atoms with van der Waals surface area (Å²) in [6.45, 7) is 13.4. The molecular formula is C34H74N4. The second-order valence-electron chi connectivity index (χ2n) is 11.8. The fourth-order valence-electron chi connectivity index (χ4n) is 5.21. The molecule has 0 bridgehead atoms.